The van der Waals surface area contributed by atoms with Gasteiger partial charge >= 0.3 is 0 Å². The smallest absolute Gasteiger partial charge is 0.123 e. The Hall–Kier alpha value is -3.04. The second kappa shape index (κ2) is 7.03. The van der Waals surface area contributed by atoms with Crippen LogP contribution in [0.2, 0.25) is 0 Å². The Morgan fingerprint density at radius 2 is 1.57 bits per heavy atom. The number of fused-ring (bicyclic) bond motifs is 2. The van der Waals surface area contributed by atoms with Gasteiger partial charge in [0.05, 0.1) is 5.69 Å². The SMILES string of the molecule is Cc1csc(-c2ccc3c(-c4cc(C(C)(C)C)c5ccccc5c4)nccc3c2)n1. The quantitative estimate of drug-likeness (QED) is 0.298. The monoisotopic (exact) mass is 408 g/mol. The molecule has 0 atom stereocenters. The van der Waals surface area contributed by atoms with E-state index in [4.69, 9.17) is 4.98 Å². The van der Waals surface area contributed by atoms with Gasteiger partial charge in [0.1, 0.15) is 5.01 Å². The number of aromatic nitrogens is 2. The molecule has 0 bridgehead atoms. The fourth-order valence-corrected chi connectivity index (χ4v) is 4.89. The van der Waals surface area contributed by atoms with E-state index in [9.17, 15) is 0 Å². The second-order valence-corrected chi connectivity index (χ2v) is 9.74. The third-order valence-corrected chi connectivity index (χ3v) is 6.58. The summed E-state index contributed by atoms with van der Waals surface area (Å²) in [6, 6.07) is 21.9. The summed E-state index contributed by atoms with van der Waals surface area (Å²) in [4.78, 5) is 9.44. The molecule has 2 heterocycles. The normalized spacial score (nSPS) is 12.0. The molecule has 0 spiro atoms. The Morgan fingerprint density at radius 3 is 2.33 bits per heavy atom. The average molecular weight is 409 g/mol. The van der Waals surface area contributed by atoms with E-state index in [1.807, 2.05) is 13.1 Å². The Labute approximate surface area is 181 Å². The summed E-state index contributed by atoms with van der Waals surface area (Å²) in [5.74, 6) is 0. The van der Waals surface area contributed by atoms with Crippen LogP contribution in [-0.2, 0) is 5.41 Å². The highest BCUT2D eigenvalue weighted by molar-refractivity contribution is 7.13. The zero-order chi connectivity index (χ0) is 20.9. The first kappa shape index (κ1) is 19.0. The molecule has 3 heteroatoms. The molecule has 0 aliphatic rings. The number of thiazole rings is 1. The van der Waals surface area contributed by atoms with Crippen molar-refractivity contribution < 1.29 is 0 Å². The molecule has 2 nitrogen and oxygen atoms in total. The van der Waals surface area contributed by atoms with E-state index in [-0.39, 0.29) is 5.41 Å². The molecule has 0 amide bonds. The maximum Gasteiger partial charge on any atom is 0.123 e. The standard InChI is InChI=1S/C27H24N2S/c1-17-16-30-26(29-17)20-9-10-23-19(13-20)11-12-28-25(23)21-14-18-7-5-6-8-22(18)24(15-21)27(2,3)4/h5-16H,1-4H3. The van der Waals surface area contributed by atoms with Gasteiger partial charge in [-0.3, -0.25) is 4.98 Å². The van der Waals surface area contributed by atoms with E-state index in [0.29, 0.717) is 0 Å². The third kappa shape index (κ3) is 3.29. The highest BCUT2D eigenvalue weighted by Gasteiger charge is 2.19. The number of hydrogen-bond donors (Lipinski definition) is 0. The number of benzene rings is 3. The topological polar surface area (TPSA) is 25.8 Å². The molecule has 0 aliphatic heterocycles. The van der Waals surface area contributed by atoms with Crippen LogP contribution in [0.1, 0.15) is 32.0 Å². The maximum atomic E-state index is 4.80. The van der Waals surface area contributed by atoms with E-state index < -0.39 is 0 Å². The van der Waals surface area contributed by atoms with Gasteiger partial charge in [0.2, 0.25) is 0 Å². The lowest BCUT2D eigenvalue weighted by atomic mass is 9.82. The minimum atomic E-state index is 0.0517. The maximum absolute atomic E-state index is 4.80. The van der Waals surface area contributed by atoms with Crippen LogP contribution >= 0.6 is 11.3 Å². The lowest BCUT2D eigenvalue weighted by Crippen LogP contribution is -2.12. The lowest BCUT2D eigenvalue weighted by molar-refractivity contribution is 0.596. The van der Waals surface area contributed by atoms with Crippen LogP contribution in [0.3, 0.4) is 0 Å². The van der Waals surface area contributed by atoms with Crippen molar-refractivity contribution in [3.63, 3.8) is 0 Å². The first-order valence-corrected chi connectivity index (χ1v) is 11.1. The Morgan fingerprint density at radius 1 is 0.800 bits per heavy atom. The summed E-state index contributed by atoms with van der Waals surface area (Å²) >= 11 is 1.69. The van der Waals surface area contributed by atoms with Crippen LogP contribution in [0.15, 0.2) is 72.2 Å². The van der Waals surface area contributed by atoms with Crippen molar-refractivity contribution in [2.75, 3.05) is 0 Å². The third-order valence-electron chi connectivity index (χ3n) is 5.57. The van der Waals surface area contributed by atoms with E-state index >= 15 is 0 Å². The molecule has 0 saturated carbocycles. The zero-order valence-electron chi connectivity index (χ0n) is 17.7. The van der Waals surface area contributed by atoms with Crippen LogP contribution in [0.4, 0.5) is 0 Å². The summed E-state index contributed by atoms with van der Waals surface area (Å²) < 4.78 is 0. The molecule has 0 unspecified atom stereocenters. The predicted molar refractivity (Wildman–Crippen MR) is 129 cm³/mol. The number of rotatable bonds is 2. The zero-order valence-corrected chi connectivity index (χ0v) is 18.5. The predicted octanol–water partition coefficient (Wildman–Crippen LogP) is 7.78. The molecule has 2 aromatic heterocycles. The largest absolute Gasteiger partial charge is 0.256 e. The Bertz CT molecular complexity index is 1390. The Kier molecular flexibility index (Phi) is 4.44. The summed E-state index contributed by atoms with van der Waals surface area (Å²) in [5, 5.41) is 8.10. The average Bonchev–Trinajstić information content (AvgIpc) is 3.17. The highest BCUT2D eigenvalue weighted by atomic mass is 32.1. The molecular weight excluding hydrogens is 384 g/mol. The van der Waals surface area contributed by atoms with Gasteiger partial charge in [-0.1, -0.05) is 57.2 Å². The van der Waals surface area contributed by atoms with Crippen molar-refractivity contribution in [2.45, 2.75) is 33.1 Å². The van der Waals surface area contributed by atoms with Crippen LogP contribution < -0.4 is 0 Å². The van der Waals surface area contributed by atoms with E-state index in [1.54, 1.807) is 11.3 Å². The van der Waals surface area contributed by atoms with E-state index in [1.165, 1.54) is 32.7 Å². The van der Waals surface area contributed by atoms with Gasteiger partial charge in [-0.25, -0.2) is 4.98 Å². The fourth-order valence-electron chi connectivity index (χ4n) is 4.10. The first-order valence-electron chi connectivity index (χ1n) is 10.2. The summed E-state index contributed by atoms with van der Waals surface area (Å²) in [5.41, 5.74) is 5.83. The molecule has 5 rings (SSSR count). The minimum absolute atomic E-state index is 0.0517. The van der Waals surface area contributed by atoms with Crippen molar-refractivity contribution >= 4 is 32.9 Å². The van der Waals surface area contributed by atoms with Gasteiger partial charge < -0.3 is 0 Å². The molecule has 0 saturated heterocycles. The van der Waals surface area contributed by atoms with Crippen LogP contribution in [-0.4, -0.2) is 9.97 Å². The van der Waals surface area contributed by atoms with Crippen molar-refractivity contribution in [2.24, 2.45) is 0 Å². The second-order valence-electron chi connectivity index (χ2n) is 8.88. The number of aryl methyl sites for hydroxylation is 1. The van der Waals surface area contributed by atoms with Crippen LogP contribution in [0.25, 0.3) is 43.4 Å². The summed E-state index contributed by atoms with van der Waals surface area (Å²) in [7, 11) is 0. The number of hydrogen-bond acceptors (Lipinski definition) is 3. The number of nitrogens with zero attached hydrogens (tertiary/aromatic N) is 2. The van der Waals surface area contributed by atoms with E-state index in [0.717, 1.165) is 22.0 Å². The summed E-state index contributed by atoms with van der Waals surface area (Å²) in [6.07, 6.45) is 1.92. The molecule has 0 radical (unpaired) electrons. The van der Waals surface area contributed by atoms with Crippen LogP contribution in [0.5, 0.6) is 0 Å². The highest BCUT2D eigenvalue weighted by Crippen LogP contribution is 2.37. The van der Waals surface area contributed by atoms with Gasteiger partial charge in [-0.15, -0.1) is 11.3 Å². The molecular formula is C27H24N2S. The molecule has 5 aromatic rings. The van der Waals surface area contributed by atoms with Gasteiger partial charge in [-0.2, -0.15) is 0 Å². The van der Waals surface area contributed by atoms with E-state index in [2.05, 4.69) is 91.8 Å². The molecule has 0 aliphatic carbocycles. The van der Waals surface area contributed by atoms with Crippen LogP contribution in [0, 0.1) is 6.92 Å². The van der Waals surface area contributed by atoms with Crippen molar-refractivity contribution in [1.29, 1.82) is 0 Å². The summed E-state index contributed by atoms with van der Waals surface area (Å²) in [6.45, 7) is 8.86. The molecule has 30 heavy (non-hydrogen) atoms. The first-order chi connectivity index (χ1) is 14.4. The molecule has 148 valence electrons. The van der Waals surface area contributed by atoms with Gasteiger partial charge in [0.25, 0.3) is 0 Å². The fraction of sp³-hybridized carbons (Fsp3) is 0.185. The molecule has 0 fully saturated rings. The van der Waals surface area contributed by atoms with Gasteiger partial charge in [-0.05, 0) is 58.3 Å². The van der Waals surface area contributed by atoms with Crippen molar-refractivity contribution in [1.82, 2.24) is 9.97 Å². The molecule has 3 aromatic carbocycles. The molecule has 0 N–H and O–H groups in total. The van der Waals surface area contributed by atoms with Crippen molar-refractivity contribution in [3.05, 3.63) is 83.5 Å². The Balaban J connectivity index is 1.72. The number of pyridine rings is 1. The minimum Gasteiger partial charge on any atom is -0.256 e. The van der Waals surface area contributed by atoms with Gasteiger partial charge in [0, 0.05) is 33.8 Å². The van der Waals surface area contributed by atoms with Crippen molar-refractivity contribution in [3.8, 4) is 21.8 Å². The van der Waals surface area contributed by atoms with Gasteiger partial charge in [0.15, 0.2) is 0 Å². The lowest BCUT2D eigenvalue weighted by Gasteiger charge is -2.23.